The average molecular weight is 155 g/mol. The maximum Gasteiger partial charge on any atom is 0.0158 e. The summed E-state index contributed by atoms with van der Waals surface area (Å²) in [6.45, 7) is 7.74. The van der Waals surface area contributed by atoms with Gasteiger partial charge in [-0.2, -0.15) is 0 Å². The second-order valence-corrected chi connectivity index (χ2v) is 3.33. The Morgan fingerprint density at radius 2 is 2.18 bits per heavy atom. The van der Waals surface area contributed by atoms with E-state index in [0.717, 1.165) is 12.5 Å². The van der Waals surface area contributed by atoms with Gasteiger partial charge >= 0.3 is 0 Å². The summed E-state index contributed by atoms with van der Waals surface area (Å²) in [4.78, 5) is 0. The van der Waals surface area contributed by atoms with Crippen LogP contribution in [0, 0.1) is 5.92 Å². The van der Waals surface area contributed by atoms with E-state index in [1.165, 1.54) is 18.4 Å². The van der Waals surface area contributed by atoms with Gasteiger partial charge in [0.05, 0.1) is 0 Å². The van der Waals surface area contributed by atoms with E-state index in [2.05, 4.69) is 32.2 Å². The molecule has 0 radical (unpaired) electrons. The molecule has 0 amide bonds. The molecule has 1 N–H and O–H groups in total. The fourth-order valence-electron chi connectivity index (χ4n) is 0.920. The lowest BCUT2D eigenvalue weighted by Gasteiger charge is -2.05. The number of rotatable bonds is 5. The SMILES string of the molecule is CCC(C)C/C=C(/C)CNC. The van der Waals surface area contributed by atoms with Gasteiger partial charge in [0.25, 0.3) is 0 Å². The number of likely N-dealkylation sites (N-methyl/N-ethyl adjacent to an activating group) is 1. The largest absolute Gasteiger partial charge is 0.316 e. The fourth-order valence-corrected chi connectivity index (χ4v) is 0.920. The highest BCUT2D eigenvalue weighted by Gasteiger charge is 1.94. The van der Waals surface area contributed by atoms with E-state index in [9.17, 15) is 0 Å². The molecule has 0 fully saturated rings. The van der Waals surface area contributed by atoms with Gasteiger partial charge in [0.2, 0.25) is 0 Å². The van der Waals surface area contributed by atoms with E-state index in [0.29, 0.717) is 0 Å². The zero-order chi connectivity index (χ0) is 8.69. The van der Waals surface area contributed by atoms with Crippen molar-refractivity contribution in [2.45, 2.75) is 33.6 Å². The Labute approximate surface area is 70.9 Å². The quantitative estimate of drug-likeness (QED) is 0.602. The van der Waals surface area contributed by atoms with Gasteiger partial charge in [0.1, 0.15) is 0 Å². The zero-order valence-electron chi connectivity index (χ0n) is 8.28. The monoisotopic (exact) mass is 155 g/mol. The van der Waals surface area contributed by atoms with E-state index in [-0.39, 0.29) is 0 Å². The summed E-state index contributed by atoms with van der Waals surface area (Å²) in [6, 6.07) is 0. The lowest BCUT2D eigenvalue weighted by atomic mass is 10.0. The van der Waals surface area contributed by atoms with E-state index in [4.69, 9.17) is 0 Å². The third kappa shape index (κ3) is 6.11. The fraction of sp³-hybridized carbons (Fsp3) is 0.800. The predicted octanol–water partition coefficient (Wildman–Crippen LogP) is 2.59. The van der Waals surface area contributed by atoms with Gasteiger partial charge in [0.15, 0.2) is 0 Å². The standard InChI is InChI=1S/C10H21N/c1-5-9(2)6-7-10(3)8-11-4/h7,9,11H,5-6,8H2,1-4H3/b10-7-. The summed E-state index contributed by atoms with van der Waals surface area (Å²) in [5, 5.41) is 3.14. The van der Waals surface area contributed by atoms with Crippen LogP contribution in [0.2, 0.25) is 0 Å². The first kappa shape index (κ1) is 10.7. The number of nitrogens with one attached hydrogen (secondary N) is 1. The molecule has 0 aromatic carbocycles. The predicted molar refractivity (Wildman–Crippen MR) is 51.8 cm³/mol. The van der Waals surface area contributed by atoms with Crippen LogP contribution < -0.4 is 5.32 Å². The molecule has 0 aromatic rings. The second-order valence-electron chi connectivity index (χ2n) is 3.33. The minimum Gasteiger partial charge on any atom is -0.316 e. The smallest absolute Gasteiger partial charge is 0.0158 e. The summed E-state index contributed by atoms with van der Waals surface area (Å²) in [6.07, 6.45) is 4.85. The van der Waals surface area contributed by atoms with E-state index in [1.807, 2.05) is 7.05 Å². The van der Waals surface area contributed by atoms with Gasteiger partial charge in [-0.1, -0.05) is 31.9 Å². The third-order valence-corrected chi connectivity index (χ3v) is 2.02. The molecular weight excluding hydrogens is 134 g/mol. The zero-order valence-corrected chi connectivity index (χ0v) is 8.28. The van der Waals surface area contributed by atoms with Gasteiger partial charge in [-0.3, -0.25) is 0 Å². The first-order valence-corrected chi connectivity index (χ1v) is 4.50. The number of hydrogen-bond donors (Lipinski definition) is 1. The molecule has 0 saturated carbocycles. The van der Waals surface area contributed by atoms with Crippen molar-refractivity contribution in [1.82, 2.24) is 5.32 Å². The van der Waals surface area contributed by atoms with Crippen molar-refractivity contribution in [3.05, 3.63) is 11.6 Å². The maximum absolute atomic E-state index is 3.14. The Bertz CT molecular complexity index is 116. The highest BCUT2D eigenvalue weighted by Crippen LogP contribution is 2.08. The number of hydrogen-bond acceptors (Lipinski definition) is 1. The number of allylic oxidation sites excluding steroid dienone is 1. The van der Waals surface area contributed by atoms with Crippen molar-refractivity contribution in [2.75, 3.05) is 13.6 Å². The molecule has 0 spiro atoms. The van der Waals surface area contributed by atoms with Gasteiger partial charge in [-0.05, 0) is 26.3 Å². The van der Waals surface area contributed by atoms with E-state index < -0.39 is 0 Å². The van der Waals surface area contributed by atoms with Crippen molar-refractivity contribution in [3.63, 3.8) is 0 Å². The molecule has 0 aliphatic heterocycles. The molecule has 1 nitrogen and oxygen atoms in total. The molecule has 1 heteroatoms. The first-order chi connectivity index (χ1) is 5.20. The van der Waals surface area contributed by atoms with Crippen LogP contribution in [-0.2, 0) is 0 Å². The van der Waals surface area contributed by atoms with Crippen LogP contribution in [0.5, 0.6) is 0 Å². The van der Waals surface area contributed by atoms with Crippen molar-refractivity contribution in [3.8, 4) is 0 Å². The highest BCUT2D eigenvalue weighted by atomic mass is 14.8. The molecule has 1 atom stereocenters. The van der Waals surface area contributed by atoms with Crippen LogP contribution in [0.15, 0.2) is 11.6 Å². The average Bonchev–Trinajstić information content (AvgIpc) is 2.01. The summed E-state index contributed by atoms with van der Waals surface area (Å²) in [7, 11) is 1.99. The van der Waals surface area contributed by atoms with Crippen molar-refractivity contribution in [2.24, 2.45) is 5.92 Å². The molecule has 1 unspecified atom stereocenters. The maximum atomic E-state index is 3.14. The molecular formula is C10H21N. The van der Waals surface area contributed by atoms with Crippen LogP contribution in [0.25, 0.3) is 0 Å². The van der Waals surface area contributed by atoms with Gasteiger partial charge in [-0.25, -0.2) is 0 Å². The van der Waals surface area contributed by atoms with E-state index >= 15 is 0 Å². The third-order valence-electron chi connectivity index (χ3n) is 2.02. The van der Waals surface area contributed by atoms with Gasteiger partial charge in [-0.15, -0.1) is 0 Å². The Morgan fingerprint density at radius 1 is 1.55 bits per heavy atom. The Kier molecular flexibility index (Phi) is 6.24. The molecule has 0 aliphatic carbocycles. The molecule has 66 valence electrons. The van der Waals surface area contributed by atoms with Crippen molar-refractivity contribution < 1.29 is 0 Å². The topological polar surface area (TPSA) is 12.0 Å². The molecule has 0 aromatic heterocycles. The first-order valence-electron chi connectivity index (χ1n) is 4.50. The highest BCUT2D eigenvalue weighted by molar-refractivity contribution is 5.00. The molecule has 0 aliphatic rings. The van der Waals surface area contributed by atoms with Crippen molar-refractivity contribution in [1.29, 1.82) is 0 Å². The Hall–Kier alpha value is -0.300. The lowest BCUT2D eigenvalue weighted by Crippen LogP contribution is -2.08. The molecule has 0 saturated heterocycles. The normalized spacial score (nSPS) is 15.1. The Balaban J connectivity index is 3.54. The minimum absolute atomic E-state index is 0.835. The molecule has 11 heavy (non-hydrogen) atoms. The lowest BCUT2D eigenvalue weighted by molar-refractivity contribution is 0.569. The van der Waals surface area contributed by atoms with Crippen LogP contribution in [-0.4, -0.2) is 13.6 Å². The van der Waals surface area contributed by atoms with Crippen molar-refractivity contribution >= 4 is 0 Å². The molecule has 0 heterocycles. The van der Waals surface area contributed by atoms with Gasteiger partial charge < -0.3 is 5.32 Å². The van der Waals surface area contributed by atoms with Crippen LogP contribution in [0.1, 0.15) is 33.6 Å². The second kappa shape index (κ2) is 6.41. The van der Waals surface area contributed by atoms with Crippen LogP contribution >= 0.6 is 0 Å². The van der Waals surface area contributed by atoms with Crippen LogP contribution in [0.3, 0.4) is 0 Å². The van der Waals surface area contributed by atoms with Gasteiger partial charge in [0, 0.05) is 6.54 Å². The van der Waals surface area contributed by atoms with Crippen LogP contribution in [0.4, 0.5) is 0 Å². The summed E-state index contributed by atoms with van der Waals surface area (Å²) < 4.78 is 0. The summed E-state index contributed by atoms with van der Waals surface area (Å²) in [5.74, 6) is 0.835. The molecule has 0 bridgehead atoms. The minimum atomic E-state index is 0.835. The molecule has 0 rings (SSSR count). The van der Waals surface area contributed by atoms with E-state index in [1.54, 1.807) is 0 Å². The Morgan fingerprint density at radius 3 is 2.64 bits per heavy atom. The summed E-state index contributed by atoms with van der Waals surface area (Å²) in [5.41, 5.74) is 1.45. The summed E-state index contributed by atoms with van der Waals surface area (Å²) >= 11 is 0.